The Balaban J connectivity index is 1.47. The summed E-state index contributed by atoms with van der Waals surface area (Å²) in [5.74, 6) is -0.558. The van der Waals surface area contributed by atoms with Gasteiger partial charge in [0.05, 0.1) is 12.4 Å². The largest absolute Gasteiger partial charge is 0.464 e. The van der Waals surface area contributed by atoms with Crippen molar-refractivity contribution in [2.24, 2.45) is 0 Å². The summed E-state index contributed by atoms with van der Waals surface area (Å²) in [6.45, 7) is 0.640. The summed E-state index contributed by atoms with van der Waals surface area (Å²) in [5.41, 5.74) is 1.79. The highest BCUT2D eigenvalue weighted by molar-refractivity contribution is 7.88. The van der Waals surface area contributed by atoms with E-state index in [2.05, 4.69) is 4.98 Å². The van der Waals surface area contributed by atoms with E-state index in [0.717, 1.165) is 12.0 Å². The lowest BCUT2D eigenvalue weighted by molar-refractivity contribution is -0.151. The fourth-order valence-electron chi connectivity index (χ4n) is 2.89. The third-order valence-corrected chi connectivity index (χ3v) is 6.22. The van der Waals surface area contributed by atoms with Crippen LogP contribution in [0.25, 0.3) is 0 Å². The van der Waals surface area contributed by atoms with Crippen LogP contribution in [-0.4, -0.2) is 42.9 Å². The lowest BCUT2D eigenvalue weighted by Gasteiger charge is -2.37. The third kappa shape index (κ3) is 4.68. The molecule has 1 saturated heterocycles. The van der Waals surface area contributed by atoms with Crippen molar-refractivity contribution in [3.8, 4) is 0 Å². The summed E-state index contributed by atoms with van der Waals surface area (Å²) in [6.07, 6.45) is 5.45. The molecule has 7 heteroatoms. The number of rotatable bonds is 8. The highest BCUT2D eigenvalue weighted by Gasteiger charge is 2.42. The van der Waals surface area contributed by atoms with Crippen LogP contribution in [0.2, 0.25) is 0 Å². The van der Waals surface area contributed by atoms with Gasteiger partial charge in [-0.2, -0.15) is 4.31 Å². The first-order chi connectivity index (χ1) is 12.6. The molecule has 1 aliphatic heterocycles. The maximum Gasteiger partial charge on any atom is 0.324 e. The van der Waals surface area contributed by atoms with Gasteiger partial charge in [0, 0.05) is 18.9 Å². The van der Waals surface area contributed by atoms with Crippen LogP contribution >= 0.6 is 0 Å². The Hall–Kier alpha value is -2.25. The Labute approximate surface area is 153 Å². The molecule has 1 aromatic carbocycles. The normalized spacial score (nSPS) is 17.5. The average molecular weight is 374 g/mol. The van der Waals surface area contributed by atoms with E-state index in [-0.39, 0.29) is 12.4 Å². The topological polar surface area (TPSA) is 76.6 Å². The number of aromatic nitrogens is 1. The number of hydrogen-bond acceptors (Lipinski definition) is 5. The molecule has 0 amide bonds. The quantitative estimate of drug-likeness (QED) is 0.523. The van der Waals surface area contributed by atoms with Crippen LogP contribution in [0.15, 0.2) is 54.9 Å². The van der Waals surface area contributed by atoms with Crippen molar-refractivity contribution in [1.29, 1.82) is 0 Å². The van der Waals surface area contributed by atoms with Crippen molar-refractivity contribution in [2.45, 2.75) is 31.1 Å². The minimum absolute atomic E-state index is 0.0986. The van der Waals surface area contributed by atoms with E-state index in [1.807, 2.05) is 18.2 Å². The van der Waals surface area contributed by atoms with Gasteiger partial charge in [-0.1, -0.05) is 36.4 Å². The molecule has 138 valence electrons. The van der Waals surface area contributed by atoms with Gasteiger partial charge in [0.15, 0.2) is 0 Å². The van der Waals surface area contributed by atoms with E-state index in [0.29, 0.717) is 24.9 Å². The molecule has 6 nitrogen and oxygen atoms in total. The van der Waals surface area contributed by atoms with Gasteiger partial charge in [-0.3, -0.25) is 9.78 Å². The minimum Gasteiger partial charge on any atom is -0.464 e. The fraction of sp³-hybridized carbons (Fsp3) is 0.368. The molecule has 0 bridgehead atoms. The number of pyridine rings is 1. The lowest BCUT2D eigenvalue weighted by Crippen LogP contribution is -2.55. The van der Waals surface area contributed by atoms with Crippen LogP contribution in [0, 0.1) is 0 Å². The molecule has 1 aliphatic rings. The third-order valence-electron chi connectivity index (χ3n) is 4.37. The molecular formula is C19H22N2O4S. The maximum atomic E-state index is 12.5. The van der Waals surface area contributed by atoms with Crippen LogP contribution in [0.4, 0.5) is 0 Å². The number of benzene rings is 1. The standard InChI is InChI=1S/C19H22N2O4S/c22-19(25-13-5-9-16-8-4-11-20-14-16)18-10-12-21(18)26(23,24)15-17-6-2-1-3-7-17/h1-4,6-8,11,14,18H,5,9-10,12-13,15H2/t18-/m0/s1. The average Bonchev–Trinajstić information content (AvgIpc) is 2.58. The van der Waals surface area contributed by atoms with Gasteiger partial charge in [-0.15, -0.1) is 0 Å². The molecule has 0 radical (unpaired) electrons. The molecule has 1 fully saturated rings. The second-order valence-corrected chi connectivity index (χ2v) is 8.21. The van der Waals surface area contributed by atoms with E-state index in [1.54, 1.807) is 36.7 Å². The maximum absolute atomic E-state index is 12.5. The molecule has 2 aromatic rings. The van der Waals surface area contributed by atoms with Gasteiger partial charge in [-0.25, -0.2) is 8.42 Å². The Bertz CT molecular complexity index is 825. The van der Waals surface area contributed by atoms with Crippen LogP contribution in [-0.2, 0) is 31.7 Å². The van der Waals surface area contributed by atoms with Crippen molar-refractivity contribution in [2.75, 3.05) is 13.2 Å². The highest BCUT2D eigenvalue weighted by Crippen LogP contribution is 2.25. The number of aryl methyl sites for hydroxylation is 1. The first-order valence-corrected chi connectivity index (χ1v) is 10.3. The number of esters is 1. The van der Waals surface area contributed by atoms with E-state index in [9.17, 15) is 13.2 Å². The predicted octanol–water partition coefficient (Wildman–Crippen LogP) is 2.16. The van der Waals surface area contributed by atoms with Crippen LogP contribution in [0.5, 0.6) is 0 Å². The summed E-state index contributed by atoms with van der Waals surface area (Å²) in [4.78, 5) is 16.2. The molecule has 0 unspecified atom stereocenters. The second kappa shape index (κ2) is 8.42. The van der Waals surface area contributed by atoms with E-state index in [4.69, 9.17) is 4.74 Å². The number of nitrogens with zero attached hydrogens (tertiary/aromatic N) is 2. The number of carbonyl (C=O) groups is 1. The summed E-state index contributed by atoms with van der Waals surface area (Å²) < 4.78 is 31.6. The first kappa shape index (κ1) is 18.5. The minimum atomic E-state index is -3.52. The number of carbonyl (C=O) groups excluding carboxylic acids is 1. The predicted molar refractivity (Wildman–Crippen MR) is 97.7 cm³/mol. The Morgan fingerprint density at radius 3 is 2.58 bits per heavy atom. The second-order valence-electron chi connectivity index (χ2n) is 6.29. The van der Waals surface area contributed by atoms with E-state index in [1.165, 1.54) is 4.31 Å². The Morgan fingerprint density at radius 2 is 1.92 bits per heavy atom. The molecule has 0 saturated carbocycles. The summed E-state index contributed by atoms with van der Waals surface area (Å²) in [5, 5.41) is 0. The van der Waals surface area contributed by atoms with Crippen molar-refractivity contribution < 1.29 is 17.9 Å². The van der Waals surface area contributed by atoms with Gasteiger partial charge < -0.3 is 4.74 Å². The molecular weight excluding hydrogens is 352 g/mol. The van der Waals surface area contributed by atoms with Gasteiger partial charge in [0.1, 0.15) is 6.04 Å². The van der Waals surface area contributed by atoms with Gasteiger partial charge in [-0.05, 0) is 36.5 Å². The molecule has 26 heavy (non-hydrogen) atoms. The lowest BCUT2D eigenvalue weighted by atomic mass is 10.1. The molecule has 1 atom stereocenters. The zero-order valence-corrected chi connectivity index (χ0v) is 15.3. The Kier molecular flexibility index (Phi) is 6.00. The highest BCUT2D eigenvalue weighted by atomic mass is 32.2. The van der Waals surface area contributed by atoms with Crippen LogP contribution in [0.3, 0.4) is 0 Å². The number of ether oxygens (including phenoxy) is 1. The van der Waals surface area contributed by atoms with Crippen molar-refractivity contribution in [3.05, 3.63) is 66.0 Å². The summed E-state index contributed by atoms with van der Waals surface area (Å²) in [6, 6.07) is 12.1. The zero-order chi connectivity index (χ0) is 18.4. The monoisotopic (exact) mass is 374 g/mol. The molecule has 0 spiro atoms. The van der Waals surface area contributed by atoms with Crippen molar-refractivity contribution in [1.82, 2.24) is 9.29 Å². The Morgan fingerprint density at radius 1 is 1.15 bits per heavy atom. The van der Waals surface area contributed by atoms with Crippen molar-refractivity contribution in [3.63, 3.8) is 0 Å². The van der Waals surface area contributed by atoms with Gasteiger partial charge >= 0.3 is 5.97 Å². The molecule has 2 heterocycles. The number of sulfonamides is 1. The van der Waals surface area contributed by atoms with Gasteiger partial charge in [0.2, 0.25) is 10.0 Å². The first-order valence-electron chi connectivity index (χ1n) is 8.65. The van der Waals surface area contributed by atoms with E-state index >= 15 is 0 Å². The molecule has 3 rings (SSSR count). The van der Waals surface area contributed by atoms with Crippen LogP contribution < -0.4 is 0 Å². The van der Waals surface area contributed by atoms with E-state index < -0.39 is 22.0 Å². The zero-order valence-electron chi connectivity index (χ0n) is 14.5. The molecule has 0 aliphatic carbocycles. The summed E-state index contributed by atoms with van der Waals surface area (Å²) >= 11 is 0. The molecule has 0 N–H and O–H groups in total. The van der Waals surface area contributed by atoms with Crippen molar-refractivity contribution >= 4 is 16.0 Å². The smallest absolute Gasteiger partial charge is 0.324 e. The summed E-state index contributed by atoms with van der Waals surface area (Å²) in [7, 11) is -3.52. The fourth-order valence-corrected chi connectivity index (χ4v) is 4.63. The molecule has 1 aromatic heterocycles. The SMILES string of the molecule is O=C(OCCCc1cccnc1)[C@@H]1CCN1S(=O)(=O)Cc1ccccc1. The van der Waals surface area contributed by atoms with Gasteiger partial charge in [0.25, 0.3) is 0 Å². The number of hydrogen-bond donors (Lipinski definition) is 0. The van der Waals surface area contributed by atoms with Crippen LogP contribution in [0.1, 0.15) is 24.0 Å².